The van der Waals surface area contributed by atoms with Crippen LogP contribution in [-0.4, -0.2) is 16.4 Å². The molecule has 0 saturated heterocycles. The van der Waals surface area contributed by atoms with E-state index in [2.05, 4.69) is 10.1 Å². The van der Waals surface area contributed by atoms with Crippen molar-refractivity contribution in [3.63, 3.8) is 0 Å². The van der Waals surface area contributed by atoms with E-state index in [1.54, 1.807) is 0 Å². The van der Waals surface area contributed by atoms with Crippen molar-refractivity contribution < 1.29 is 5.21 Å². The van der Waals surface area contributed by atoms with E-state index in [4.69, 9.17) is 16.8 Å². The molecule has 4 nitrogen and oxygen atoms in total. The van der Waals surface area contributed by atoms with Crippen molar-refractivity contribution in [2.45, 2.75) is 0 Å². The lowest BCUT2D eigenvalue weighted by Gasteiger charge is -2.00. The second kappa shape index (κ2) is 5.07. The molecule has 0 aliphatic rings. The summed E-state index contributed by atoms with van der Waals surface area (Å²) in [6.07, 6.45) is 0.989. The minimum atomic E-state index is -0.290. The molecule has 17 heavy (non-hydrogen) atoms. The highest BCUT2D eigenvalue weighted by Gasteiger charge is 2.09. The topological polar surface area (TPSA) is 62.5 Å². The molecule has 0 saturated carbocycles. The van der Waals surface area contributed by atoms with Gasteiger partial charge in [-0.3, -0.25) is 4.79 Å². The van der Waals surface area contributed by atoms with E-state index in [9.17, 15) is 4.79 Å². The first kappa shape index (κ1) is 11.8. The number of hydrogen-bond donors (Lipinski definition) is 1. The van der Waals surface area contributed by atoms with Gasteiger partial charge in [-0.2, -0.15) is 0 Å². The zero-order chi connectivity index (χ0) is 12.3. The number of nitrogens with zero attached hydrogens (tertiary/aromatic N) is 2. The van der Waals surface area contributed by atoms with E-state index < -0.39 is 0 Å². The summed E-state index contributed by atoms with van der Waals surface area (Å²) in [5, 5.41) is 11.8. The molecule has 0 unspecified atom stereocenters. The summed E-state index contributed by atoms with van der Waals surface area (Å²) in [5.41, 5.74) is 0.919. The predicted molar refractivity (Wildman–Crippen MR) is 68.2 cm³/mol. The molecule has 2 rings (SSSR count). The number of oxime groups is 1. The summed E-state index contributed by atoms with van der Waals surface area (Å²) >= 11 is 6.81. The Balaban J connectivity index is 2.57. The molecule has 0 atom stereocenters. The smallest absolute Gasteiger partial charge is 0.246 e. The number of benzene rings is 1. The van der Waals surface area contributed by atoms with Crippen molar-refractivity contribution >= 4 is 29.2 Å². The van der Waals surface area contributed by atoms with Crippen LogP contribution < -0.4 is 4.74 Å². The third kappa shape index (κ3) is 2.51. The maximum Gasteiger partial charge on any atom is 0.246 e. The quantitative estimate of drug-likeness (QED) is 0.516. The van der Waals surface area contributed by atoms with Gasteiger partial charge in [-0.25, -0.2) is 4.98 Å². The highest BCUT2D eigenvalue weighted by atomic mass is 35.5. The summed E-state index contributed by atoms with van der Waals surface area (Å²) in [6, 6.07) is 9.26. The van der Waals surface area contributed by atoms with Crippen LogP contribution in [-0.2, 0) is 0 Å². The molecule has 0 radical (unpaired) electrons. The fourth-order valence-electron chi connectivity index (χ4n) is 1.27. The normalized spacial score (nSPS) is 10.9. The van der Waals surface area contributed by atoms with E-state index in [1.807, 2.05) is 30.3 Å². The Kier molecular flexibility index (Phi) is 3.51. The first-order valence-electron chi connectivity index (χ1n) is 4.66. The zero-order valence-corrected chi connectivity index (χ0v) is 10.1. The minimum absolute atomic E-state index is 0.0328. The summed E-state index contributed by atoms with van der Waals surface area (Å²) in [5.74, 6) is 0. The molecule has 6 heteroatoms. The molecule has 0 aliphatic heterocycles. The highest BCUT2D eigenvalue weighted by Crippen LogP contribution is 2.21. The van der Waals surface area contributed by atoms with Gasteiger partial charge in [-0.1, -0.05) is 58.4 Å². The van der Waals surface area contributed by atoms with Crippen molar-refractivity contribution in [2.75, 3.05) is 0 Å². The Bertz CT molecular complexity index is 611. The van der Waals surface area contributed by atoms with Crippen molar-refractivity contribution in [1.82, 2.24) is 4.98 Å². The van der Waals surface area contributed by atoms with Crippen LogP contribution in [0.15, 0.2) is 40.3 Å². The molecule has 1 heterocycles. The van der Waals surface area contributed by atoms with Crippen molar-refractivity contribution in [3.8, 4) is 10.6 Å². The largest absolute Gasteiger partial charge is 0.411 e. The van der Waals surface area contributed by atoms with E-state index in [0.29, 0.717) is 5.01 Å². The average Bonchev–Trinajstić information content (AvgIpc) is 2.35. The van der Waals surface area contributed by atoms with Gasteiger partial charge in [0.15, 0.2) is 0 Å². The average molecular weight is 267 g/mol. The lowest BCUT2D eigenvalue weighted by molar-refractivity contribution is 0.322. The molecule has 2 aromatic rings. The number of hydrogen-bond acceptors (Lipinski definition) is 5. The van der Waals surface area contributed by atoms with Gasteiger partial charge in [0.05, 0.1) is 11.8 Å². The Labute approximate surface area is 106 Å². The van der Waals surface area contributed by atoms with Crippen LogP contribution in [0.5, 0.6) is 0 Å². The summed E-state index contributed by atoms with van der Waals surface area (Å²) in [6.45, 7) is 0. The number of aromatic nitrogens is 1. The molecule has 1 aromatic carbocycles. The van der Waals surface area contributed by atoms with Crippen molar-refractivity contribution in [2.24, 2.45) is 5.16 Å². The third-order valence-corrected chi connectivity index (χ3v) is 3.25. The number of halogens is 1. The third-order valence-electron chi connectivity index (χ3n) is 2.04. The summed E-state index contributed by atoms with van der Waals surface area (Å²) < 4.78 is -0.290. The van der Waals surface area contributed by atoms with Crippen LogP contribution in [0.25, 0.3) is 10.6 Å². The summed E-state index contributed by atoms with van der Waals surface area (Å²) in [7, 11) is 0. The first-order valence-corrected chi connectivity index (χ1v) is 5.85. The fourth-order valence-corrected chi connectivity index (χ4v) is 2.42. The van der Waals surface area contributed by atoms with Gasteiger partial charge in [-0.05, 0) is 0 Å². The van der Waals surface area contributed by atoms with Gasteiger partial charge in [0, 0.05) is 5.56 Å². The Morgan fingerprint density at radius 2 is 2.06 bits per heavy atom. The van der Waals surface area contributed by atoms with Crippen LogP contribution in [0.2, 0.25) is 5.15 Å². The second-order valence-electron chi connectivity index (χ2n) is 3.12. The van der Waals surface area contributed by atoms with Crippen LogP contribution >= 0.6 is 22.9 Å². The minimum Gasteiger partial charge on any atom is -0.411 e. The Hall–Kier alpha value is -1.72. The molecule has 86 valence electrons. The second-order valence-corrected chi connectivity index (χ2v) is 4.44. The van der Waals surface area contributed by atoms with Crippen LogP contribution in [0.3, 0.4) is 0 Å². The van der Waals surface area contributed by atoms with E-state index in [0.717, 1.165) is 23.1 Å². The molecule has 0 bridgehead atoms. The standard InChI is InChI=1S/C11H7ClN2O2S/c12-9-8(6-13-16)11(15)17-10(14-9)7-4-2-1-3-5-7/h1-6,16H/b13-6-. The van der Waals surface area contributed by atoms with Gasteiger partial charge in [0.25, 0.3) is 0 Å². The molecule has 0 amide bonds. The fraction of sp³-hybridized carbons (Fsp3) is 0. The van der Waals surface area contributed by atoms with E-state index in [-0.39, 0.29) is 15.5 Å². The molecule has 1 N–H and O–H groups in total. The van der Waals surface area contributed by atoms with Crippen LogP contribution in [0, 0.1) is 0 Å². The zero-order valence-electron chi connectivity index (χ0n) is 8.50. The van der Waals surface area contributed by atoms with Gasteiger partial charge < -0.3 is 5.21 Å². The van der Waals surface area contributed by atoms with Gasteiger partial charge in [-0.15, -0.1) is 0 Å². The Morgan fingerprint density at radius 1 is 1.35 bits per heavy atom. The maximum atomic E-state index is 11.7. The van der Waals surface area contributed by atoms with E-state index >= 15 is 0 Å². The molecule has 1 aromatic heterocycles. The van der Waals surface area contributed by atoms with Crippen molar-refractivity contribution in [3.05, 3.63) is 50.6 Å². The lowest BCUT2D eigenvalue weighted by Crippen LogP contribution is -2.06. The van der Waals surface area contributed by atoms with Gasteiger partial charge in [0.1, 0.15) is 10.2 Å². The molecular formula is C11H7ClN2O2S. The lowest BCUT2D eigenvalue weighted by atomic mass is 10.2. The van der Waals surface area contributed by atoms with Crippen molar-refractivity contribution in [1.29, 1.82) is 0 Å². The monoisotopic (exact) mass is 266 g/mol. The van der Waals surface area contributed by atoms with Gasteiger partial charge in [0.2, 0.25) is 4.74 Å². The van der Waals surface area contributed by atoms with Gasteiger partial charge >= 0.3 is 0 Å². The molecule has 0 aliphatic carbocycles. The first-order chi connectivity index (χ1) is 8.22. The number of rotatable bonds is 2. The Morgan fingerprint density at radius 3 is 2.65 bits per heavy atom. The molecular weight excluding hydrogens is 260 g/mol. The molecule has 0 spiro atoms. The SMILES string of the molecule is O=c1sc(-c2ccccc2)nc(Cl)c1/C=N\O. The van der Waals surface area contributed by atoms with Crippen LogP contribution in [0.4, 0.5) is 0 Å². The van der Waals surface area contributed by atoms with E-state index in [1.165, 1.54) is 0 Å². The molecule has 0 fully saturated rings. The summed E-state index contributed by atoms with van der Waals surface area (Å²) in [4.78, 5) is 15.8. The predicted octanol–water partition coefficient (Wildman–Crippen LogP) is 2.63. The van der Waals surface area contributed by atoms with Crippen LogP contribution in [0.1, 0.15) is 5.56 Å². The maximum absolute atomic E-state index is 11.7. The highest BCUT2D eigenvalue weighted by molar-refractivity contribution is 7.12.